The third-order valence-corrected chi connectivity index (χ3v) is 5.14. The number of hydrogen-bond donors (Lipinski definition) is 2. The van der Waals surface area contributed by atoms with Crippen LogP contribution in [0, 0.1) is 11.3 Å². The zero-order chi connectivity index (χ0) is 18.4. The minimum absolute atomic E-state index is 0.246. The summed E-state index contributed by atoms with van der Waals surface area (Å²) in [6.45, 7) is 6.84. The molecule has 4 nitrogen and oxygen atoms in total. The largest absolute Gasteiger partial charge is 0.481 e. The van der Waals surface area contributed by atoms with Crippen LogP contribution < -0.4 is 0 Å². The molecular weight excluding hydrogens is 304 g/mol. The molecule has 0 rings (SSSR count). The second kappa shape index (κ2) is 13.3. The third-order valence-electron chi connectivity index (χ3n) is 5.14. The molecule has 0 aliphatic carbocycles. The van der Waals surface area contributed by atoms with E-state index in [4.69, 9.17) is 10.2 Å². The van der Waals surface area contributed by atoms with Crippen molar-refractivity contribution in [2.75, 3.05) is 0 Å². The zero-order valence-corrected chi connectivity index (χ0v) is 16.0. The molecule has 4 heteroatoms. The SMILES string of the molecule is CCCC(CCC)(CCC)CCCCCCCC(C(=O)O)C(=O)O. The molecule has 0 aliphatic rings. The van der Waals surface area contributed by atoms with Gasteiger partial charge in [-0.15, -0.1) is 0 Å². The maximum atomic E-state index is 10.8. The lowest BCUT2D eigenvalue weighted by Crippen LogP contribution is -2.23. The molecule has 0 aliphatic heterocycles. The molecule has 0 radical (unpaired) electrons. The Morgan fingerprint density at radius 3 is 1.54 bits per heavy atom. The van der Waals surface area contributed by atoms with Crippen LogP contribution in [0.5, 0.6) is 0 Å². The molecule has 0 unspecified atom stereocenters. The fourth-order valence-corrected chi connectivity index (χ4v) is 4.07. The van der Waals surface area contributed by atoms with E-state index in [1.54, 1.807) is 0 Å². The highest BCUT2D eigenvalue weighted by atomic mass is 16.4. The zero-order valence-electron chi connectivity index (χ0n) is 16.0. The molecular formula is C20H38O4. The molecule has 0 bridgehead atoms. The van der Waals surface area contributed by atoms with Gasteiger partial charge in [-0.2, -0.15) is 0 Å². The van der Waals surface area contributed by atoms with Gasteiger partial charge in [0.2, 0.25) is 0 Å². The van der Waals surface area contributed by atoms with E-state index in [1.807, 2.05) is 0 Å². The second-order valence-corrected chi connectivity index (χ2v) is 7.29. The number of carboxylic acids is 2. The van der Waals surface area contributed by atoms with Crippen molar-refractivity contribution in [3.63, 3.8) is 0 Å². The molecule has 0 aromatic carbocycles. The van der Waals surface area contributed by atoms with E-state index in [0.717, 1.165) is 12.8 Å². The number of aliphatic carboxylic acids is 2. The molecule has 24 heavy (non-hydrogen) atoms. The maximum Gasteiger partial charge on any atom is 0.317 e. The molecule has 142 valence electrons. The van der Waals surface area contributed by atoms with Gasteiger partial charge < -0.3 is 10.2 Å². The summed E-state index contributed by atoms with van der Waals surface area (Å²) < 4.78 is 0. The van der Waals surface area contributed by atoms with Crippen molar-refractivity contribution < 1.29 is 19.8 Å². The lowest BCUT2D eigenvalue weighted by Gasteiger charge is -2.34. The number of carbonyl (C=O) groups is 2. The highest BCUT2D eigenvalue weighted by molar-refractivity contribution is 5.92. The summed E-state index contributed by atoms with van der Waals surface area (Å²) >= 11 is 0. The van der Waals surface area contributed by atoms with E-state index >= 15 is 0 Å². The molecule has 0 amide bonds. The maximum absolute atomic E-state index is 10.8. The van der Waals surface area contributed by atoms with Gasteiger partial charge in [-0.1, -0.05) is 72.1 Å². The first kappa shape index (κ1) is 22.9. The first-order chi connectivity index (χ1) is 11.4. The van der Waals surface area contributed by atoms with Crippen LogP contribution in [-0.2, 0) is 9.59 Å². The fourth-order valence-electron chi connectivity index (χ4n) is 4.07. The van der Waals surface area contributed by atoms with Gasteiger partial charge in [-0.3, -0.25) is 9.59 Å². The average molecular weight is 343 g/mol. The summed E-state index contributed by atoms with van der Waals surface area (Å²) in [6, 6.07) is 0. The molecule has 0 saturated heterocycles. The number of unbranched alkanes of at least 4 members (excludes halogenated alkanes) is 4. The number of rotatable bonds is 16. The van der Waals surface area contributed by atoms with Crippen molar-refractivity contribution in [1.29, 1.82) is 0 Å². The summed E-state index contributed by atoms with van der Waals surface area (Å²) in [7, 11) is 0. The Hall–Kier alpha value is -1.06. The Labute approximate surface area is 148 Å². The molecule has 0 saturated carbocycles. The van der Waals surface area contributed by atoms with Gasteiger partial charge in [-0.05, 0) is 37.5 Å². The normalized spacial score (nSPS) is 11.8. The minimum Gasteiger partial charge on any atom is -0.481 e. The van der Waals surface area contributed by atoms with Gasteiger partial charge in [0.1, 0.15) is 0 Å². The van der Waals surface area contributed by atoms with Gasteiger partial charge in [0, 0.05) is 0 Å². The summed E-state index contributed by atoms with van der Waals surface area (Å²) in [6.07, 6.45) is 14.4. The van der Waals surface area contributed by atoms with E-state index in [0.29, 0.717) is 11.8 Å². The Morgan fingerprint density at radius 2 is 1.12 bits per heavy atom. The van der Waals surface area contributed by atoms with Crippen LogP contribution in [0.4, 0.5) is 0 Å². The van der Waals surface area contributed by atoms with Gasteiger partial charge in [0.15, 0.2) is 5.92 Å². The minimum atomic E-state index is -1.24. The van der Waals surface area contributed by atoms with Crippen LogP contribution in [0.25, 0.3) is 0 Å². The highest BCUT2D eigenvalue weighted by Crippen LogP contribution is 2.40. The number of carboxylic acid groups (broad SMARTS) is 2. The van der Waals surface area contributed by atoms with Gasteiger partial charge in [-0.25, -0.2) is 0 Å². The van der Waals surface area contributed by atoms with E-state index in [-0.39, 0.29) is 6.42 Å². The first-order valence-corrected chi connectivity index (χ1v) is 9.88. The molecule has 0 aromatic rings. The predicted octanol–water partition coefficient (Wildman–Crippen LogP) is 5.89. The molecule has 0 aromatic heterocycles. The molecule has 0 spiro atoms. The van der Waals surface area contributed by atoms with E-state index in [1.165, 1.54) is 57.8 Å². The van der Waals surface area contributed by atoms with E-state index in [9.17, 15) is 9.59 Å². The lowest BCUT2D eigenvalue weighted by atomic mass is 9.72. The van der Waals surface area contributed by atoms with Crippen molar-refractivity contribution in [2.45, 2.75) is 104 Å². The Kier molecular flexibility index (Phi) is 12.7. The molecule has 0 fully saturated rings. The summed E-state index contributed by atoms with van der Waals surface area (Å²) in [5, 5.41) is 17.7. The summed E-state index contributed by atoms with van der Waals surface area (Å²) in [5.41, 5.74) is 0.524. The van der Waals surface area contributed by atoms with E-state index < -0.39 is 17.9 Å². The Bertz CT molecular complexity index is 321. The smallest absolute Gasteiger partial charge is 0.317 e. The Morgan fingerprint density at radius 1 is 0.708 bits per heavy atom. The van der Waals surface area contributed by atoms with Crippen molar-refractivity contribution in [2.24, 2.45) is 11.3 Å². The second-order valence-electron chi connectivity index (χ2n) is 7.29. The van der Waals surface area contributed by atoms with Gasteiger partial charge >= 0.3 is 11.9 Å². The van der Waals surface area contributed by atoms with Gasteiger partial charge in [0.05, 0.1) is 0 Å². The topological polar surface area (TPSA) is 74.6 Å². The molecule has 0 atom stereocenters. The monoisotopic (exact) mass is 342 g/mol. The first-order valence-electron chi connectivity index (χ1n) is 9.88. The highest BCUT2D eigenvalue weighted by Gasteiger charge is 2.27. The van der Waals surface area contributed by atoms with Crippen molar-refractivity contribution in [3.8, 4) is 0 Å². The van der Waals surface area contributed by atoms with Crippen molar-refractivity contribution in [1.82, 2.24) is 0 Å². The van der Waals surface area contributed by atoms with Crippen molar-refractivity contribution in [3.05, 3.63) is 0 Å². The summed E-state index contributed by atoms with van der Waals surface area (Å²) in [4.78, 5) is 21.6. The van der Waals surface area contributed by atoms with Crippen LogP contribution in [0.1, 0.15) is 104 Å². The number of hydrogen-bond acceptors (Lipinski definition) is 2. The van der Waals surface area contributed by atoms with Crippen LogP contribution in [-0.4, -0.2) is 22.2 Å². The van der Waals surface area contributed by atoms with Crippen LogP contribution >= 0.6 is 0 Å². The predicted molar refractivity (Wildman–Crippen MR) is 98.2 cm³/mol. The van der Waals surface area contributed by atoms with Crippen LogP contribution in [0.3, 0.4) is 0 Å². The third kappa shape index (κ3) is 9.29. The quantitative estimate of drug-likeness (QED) is 0.271. The van der Waals surface area contributed by atoms with Gasteiger partial charge in [0.25, 0.3) is 0 Å². The molecule has 2 N–H and O–H groups in total. The van der Waals surface area contributed by atoms with Crippen molar-refractivity contribution >= 4 is 11.9 Å². The average Bonchev–Trinajstić information content (AvgIpc) is 2.50. The lowest BCUT2D eigenvalue weighted by molar-refractivity contribution is -0.154. The van der Waals surface area contributed by atoms with Crippen LogP contribution in [0.2, 0.25) is 0 Å². The molecule has 0 heterocycles. The fraction of sp³-hybridized carbons (Fsp3) is 0.900. The summed E-state index contributed by atoms with van der Waals surface area (Å²) in [5.74, 6) is -3.67. The Balaban J connectivity index is 4.04. The van der Waals surface area contributed by atoms with Crippen LogP contribution in [0.15, 0.2) is 0 Å². The van der Waals surface area contributed by atoms with E-state index in [2.05, 4.69) is 20.8 Å². The standard InChI is InChI=1S/C20H38O4/c1-4-13-20(14-5-2,15-6-3)16-11-9-7-8-10-12-17(18(21)22)19(23)24/h17H,4-16H2,1-3H3,(H,21,22)(H,23,24).